The molecule has 1 heterocycles. The van der Waals surface area contributed by atoms with Gasteiger partial charge in [-0.2, -0.15) is 0 Å². The van der Waals surface area contributed by atoms with Gasteiger partial charge in [0.15, 0.2) is 5.96 Å². The largest absolute Gasteiger partial charge is 0.377 e. The molecule has 0 spiro atoms. The lowest BCUT2D eigenvalue weighted by atomic mass is 9.57. The number of fused-ring (bicyclic) bond motifs is 1. The molecule has 2 aliphatic carbocycles. The molecular weight excluding hydrogens is 449 g/mol. The number of nitrogens with zero attached hydrogens (tertiary/aromatic N) is 1. The van der Waals surface area contributed by atoms with E-state index in [1.54, 1.807) is 0 Å². The lowest BCUT2D eigenvalue weighted by molar-refractivity contribution is -0.106. The van der Waals surface area contributed by atoms with Gasteiger partial charge in [0.1, 0.15) is 0 Å². The molecule has 5 atom stereocenters. The van der Waals surface area contributed by atoms with Crippen LogP contribution in [0.2, 0.25) is 0 Å². The van der Waals surface area contributed by atoms with Crippen LogP contribution < -0.4 is 10.6 Å². The van der Waals surface area contributed by atoms with Gasteiger partial charge in [-0.15, -0.1) is 24.0 Å². The minimum absolute atomic E-state index is 0. The van der Waals surface area contributed by atoms with Gasteiger partial charge in [-0.3, -0.25) is 4.99 Å². The van der Waals surface area contributed by atoms with Crippen LogP contribution in [0.4, 0.5) is 0 Å². The van der Waals surface area contributed by atoms with Crippen LogP contribution in [0.25, 0.3) is 0 Å². The van der Waals surface area contributed by atoms with Crippen LogP contribution >= 0.6 is 24.0 Å². The Bertz CT molecular complexity index is 685. The Balaban J connectivity index is 0.00000210. The Morgan fingerprint density at radius 1 is 1.19 bits per heavy atom. The van der Waals surface area contributed by atoms with E-state index < -0.39 is 0 Å². The summed E-state index contributed by atoms with van der Waals surface area (Å²) in [6.45, 7) is 10.0. The van der Waals surface area contributed by atoms with Crippen molar-refractivity contribution in [2.24, 2.45) is 16.3 Å². The maximum absolute atomic E-state index is 5.91. The van der Waals surface area contributed by atoms with Crippen LogP contribution in [0.15, 0.2) is 29.3 Å². The smallest absolute Gasteiger partial charge is 0.191 e. The molecule has 5 heteroatoms. The normalized spacial score (nSPS) is 33.7. The lowest BCUT2D eigenvalue weighted by Gasteiger charge is -2.54. The molecule has 2 N–H and O–H groups in total. The summed E-state index contributed by atoms with van der Waals surface area (Å²) in [6.07, 6.45) is 2.76. The Morgan fingerprint density at radius 3 is 2.52 bits per heavy atom. The zero-order valence-corrected chi connectivity index (χ0v) is 19.5. The molecule has 150 valence electrons. The van der Waals surface area contributed by atoms with Crippen LogP contribution in [-0.4, -0.2) is 37.8 Å². The number of aliphatic imine (C=N–C) groups is 1. The summed E-state index contributed by atoms with van der Waals surface area (Å²) in [7, 11) is 1.87. The first-order valence-electron chi connectivity index (χ1n) is 10.1. The predicted octanol–water partition coefficient (Wildman–Crippen LogP) is 4.26. The van der Waals surface area contributed by atoms with Crippen molar-refractivity contribution in [3.05, 3.63) is 35.4 Å². The van der Waals surface area contributed by atoms with Crippen molar-refractivity contribution in [3.8, 4) is 0 Å². The number of hydrogen-bond acceptors (Lipinski definition) is 2. The van der Waals surface area contributed by atoms with Crippen molar-refractivity contribution < 1.29 is 4.74 Å². The van der Waals surface area contributed by atoms with Gasteiger partial charge in [-0.25, -0.2) is 0 Å². The summed E-state index contributed by atoms with van der Waals surface area (Å²) in [5, 5.41) is 7.33. The summed E-state index contributed by atoms with van der Waals surface area (Å²) in [4.78, 5) is 4.49. The molecule has 2 saturated carbocycles. The molecule has 0 amide bonds. The van der Waals surface area contributed by atoms with Gasteiger partial charge >= 0.3 is 0 Å². The minimum Gasteiger partial charge on any atom is -0.377 e. The predicted molar refractivity (Wildman–Crippen MR) is 122 cm³/mol. The molecule has 0 aromatic heterocycles. The van der Waals surface area contributed by atoms with E-state index in [1.807, 2.05) is 7.05 Å². The van der Waals surface area contributed by atoms with Gasteiger partial charge in [0.2, 0.25) is 0 Å². The zero-order valence-electron chi connectivity index (χ0n) is 17.2. The highest BCUT2D eigenvalue weighted by Crippen LogP contribution is 2.52. The van der Waals surface area contributed by atoms with Crippen LogP contribution in [0, 0.1) is 11.3 Å². The Kier molecular flexibility index (Phi) is 6.11. The monoisotopic (exact) mass is 483 g/mol. The van der Waals surface area contributed by atoms with Crippen molar-refractivity contribution in [1.82, 2.24) is 10.6 Å². The number of halogens is 1. The van der Waals surface area contributed by atoms with Crippen LogP contribution in [0.1, 0.15) is 63.5 Å². The van der Waals surface area contributed by atoms with Gasteiger partial charge in [-0.05, 0) is 29.9 Å². The molecule has 1 aromatic rings. The Hall–Kier alpha value is -0.820. The molecule has 4 rings (SSSR count). The quantitative estimate of drug-likeness (QED) is 0.382. The minimum atomic E-state index is 0. The molecule has 0 bridgehead atoms. The first-order chi connectivity index (χ1) is 12.4. The fraction of sp³-hybridized carbons (Fsp3) is 0.682. The summed E-state index contributed by atoms with van der Waals surface area (Å²) in [5.41, 5.74) is 3.03. The van der Waals surface area contributed by atoms with E-state index in [4.69, 9.17) is 4.74 Å². The highest BCUT2D eigenvalue weighted by Gasteiger charge is 2.59. The van der Waals surface area contributed by atoms with Gasteiger partial charge in [-0.1, -0.05) is 52.0 Å². The van der Waals surface area contributed by atoms with Crippen LogP contribution in [0.5, 0.6) is 0 Å². The average molecular weight is 483 g/mol. The van der Waals surface area contributed by atoms with E-state index in [9.17, 15) is 0 Å². The second-order valence-corrected chi connectivity index (χ2v) is 9.17. The summed E-state index contributed by atoms with van der Waals surface area (Å²) >= 11 is 0. The van der Waals surface area contributed by atoms with Crippen molar-refractivity contribution in [3.63, 3.8) is 0 Å². The van der Waals surface area contributed by atoms with Crippen molar-refractivity contribution >= 4 is 29.9 Å². The molecule has 1 aliphatic heterocycles. The number of nitrogens with one attached hydrogen (secondary N) is 2. The van der Waals surface area contributed by atoms with E-state index in [0.29, 0.717) is 35.9 Å². The zero-order chi connectivity index (χ0) is 18.5. The van der Waals surface area contributed by atoms with E-state index in [-0.39, 0.29) is 29.4 Å². The molecule has 5 unspecified atom stereocenters. The molecule has 0 radical (unpaired) electrons. The Labute approximate surface area is 181 Å². The first-order valence-corrected chi connectivity index (χ1v) is 10.1. The number of benzene rings is 1. The Morgan fingerprint density at radius 2 is 1.89 bits per heavy atom. The SMILES string of the molecule is CN=C(NC1CC1c1ccc(C(C)C)cc1)NC1C2CCOC2C1(C)C.I. The second-order valence-electron chi connectivity index (χ2n) is 9.17. The third-order valence-electron chi connectivity index (χ3n) is 6.76. The number of ether oxygens (including phenoxy) is 1. The van der Waals surface area contributed by atoms with Crippen LogP contribution in [0.3, 0.4) is 0 Å². The number of guanidine groups is 1. The maximum Gasteiger partial charge on any atom is 0.191 e. The molecule has 1 aromatic carbocycles. The summed E-state index contributed by atoms with van der Waals surface area (Å²) in [6, 6.07) is 10.1. The molecule has 4 nitrogen and oxygen atoms in total. The molecule has 1 saturated heterocycles. The summed E-state index contributed by atoms with van der Waals surface area (Å²) in [5.74, 6) is 2.77. The van der Waals surface area contributed by atoms with E-state index in [1.165, 1.54) is 17.5 Å². The number of rotatable bonds is 4. The van der Waals surface area contributed by atoms with Crippen molar-refractivity contribution in [2.75, 3.05) is 13.7 Å². The van der Waals surface area contributed by atoms with Gasteiger partial charge in [0.25, 0.3) is 0 Å². The average Bonchev–Trinajstić information content (AvgIpc) is 3.23. The molecule has 27 heavy (non-hydrogen) atoms. The third-order valence-corrected chi connectivity index (χ3v) is 6.76. The number of hydrogen-bond donors (Lipinski definition) is 2. The topological polar surface area (TPSA) is 45.7 Å². The van der Waals surface area contributed by atoms with Crippen molar-refractivity contribution in [1.29, 1.82) is 0 Å². The summed E-state index contributed by atoms with van der Waals surface area (Å²) < 4.78 is 5.91. The standard InChI is InChI=1S/C22H33N3O.HI/c1-13(2)14-6-8-15(9-7-14)17-12-18(17)24-21(23-5)25-19-16-10-11-26-20(16)22(19,3)4;/h6-9,13,16-20H,10-12H2,1-5H3,(H2,23,24,25);1H. The van der Waals surface area contributed by atoms with Crippen LogP contribution in [-0.2, 0) is 4.74 Å². The second kappa shape index (κ2) is 7.90. The van der Waals surface area contributed by atoms with Gasteiger partial charge < -0.3 is 15.4 Å². The third kappa shape index (κ3) is 3.86. The lowest BCUT2D eigenvalue weighted by Crippen LogP contribution is -2.68. The molecular formula is C22H34IN3O. The fourth-order valence-corrected chi connectivity index (χ4v) is 4.96. The fourth-order valence-electron chi connectivity index (χ4n) is 4.96. The van der Waals surface area contributed by atoms with Gasteiger partial charge in [0.05, 0.1) is 6.10 Å². The van der Waals surface area contributed by atoms with E-state index in [2.05, 4.69) is 67.6 Å². The highest BCUT2D eigenvalue weighted by molar-refractivity contribution is 14.0. The van der Waals surface area contributed by atoms with E-state index in [0.717, 1.165) is 19.0 Å². The van der Waals surface area contributed by atoms with E-state index >= 15 is 0 Å². The maximum atomic E-state index is 5.91. The molecule has 3 fully saturated rings. The van der Waals surface area contributed by atoms with Gasteiger partial charge in [0, 0.05) is 43.0 Å². The highest BCUT2D eigenvalue weighted by atomic mass is 127. The molecule has 3 aliphatic rings. The first kappa shape index (κ1) is 20.9. The van der Waals surface area contributed by atoms with Crippen molar-refractivity contribution in [2.45, 2.75) is 70.6 Å².